The van der Waals surface area contributed by atoms with Gasteiger partial charge in [-0.15, -0.1) is 10.2 Å². The molecule has 0 saturated carbocycles. The Morgan fingerprint density at radius 2 is 1.80 bits per heavy atom. The predicted molar refractivity (Wildman–Crippen MR) is 104 cm³/mol. The van der Waals surface area contributed by atoms with E-state index in [0.29, 0.717) is 12.3 Å². The number of hydrogen-bond donors (Lipinski definition) is 4. The molecule has 0 aliphatic carbocycles. The lowest BCUT2D eigenvalue weighted by Gasteiger charge is -2.15. The van der Waals surface area contributed by atoms with E-state index in [0.717, 1.165) is 25.0 Å². The van der Waals surface area contributed by atoms with Crippen molar-refractivity contribution in [2.45, 2.75) is 30.9 Å². The maximum absolute atomic E-state index is 7.55. The summed E-state index contributed by atoms with van der Waals surface area (Å²) >= 11 is 2.72. The molecule has 1 atom stereocenters. The normalized spacial score (nSPS) is 12.0. The summed E-state index contributed by atoms with van der Waals surface area (Å²) in [4.78, 5) is 0. The monoisotopic (exact) mass is 378 g/mol. The Balaban J connectivity index is 1.88. The van der Waals surface area contributed by atoms with E-state index in [4.69, 9.17) is 26.7 Å². The number of nitrogens with zero attached hydrogens (tertiary/aromatic N) is 2. The standard InChI is InChI=1S/C16H22N6OS2/c17-15(18)24-8-7-11-1-3-12(4-2-11)9-13(25-16(19)20)5-6-14-22-21-10-23-14/h1-4,10,13H,5-9H2,(H3,17,18)(H3,19,20)/t13-/m1/s1. The summed E-state index contributed by atoms with van der Waals surface area (Å²) < 4.78 is 5.17. The van der Waals surface area contributed by atoms with Gasteiger partial charge in [-0.05, 0) is 30.4 Å². The number of nitrogens with two attached hydrogens (primary N) is 2. The van der Waals surface area contributed by atoms with Gasteiger partial charge in [0.15, 0.2) is 10.3 Å². The molecule has 0 bridgehead atoms. The highest BCUT2D eigenvalue weighted by atomic mass is 32.2. The largest absolute Gasteiger partial charge is 0.428 e. The van der Waals surface area contributed by atoms with Crippen molar-refractivity contribution in [2.24, 2.45) is 11.5 Å². The molecule has 2 aromatic rings. The third-order valence-electron chi connectivity index (χ3n) is 3.51. The average molecular weight is 379 g/mol. The van der Waals surface area contributed by atoms with Crippen molar-refractivity contribution in [3.63, 3.8) is 0 Å². The molecule has 1 aromatic heterocycles. The maximum Gasteiger partial charge on any atom is 0.216 e. The number of nitrogens with one attached hydrogen (secondary N) is 2. The van der Waals surface area contributed by atoms with Gasteiger partial charge in [0.2, 0.25) is 12.3 Å². The van der Waals surface area contributed by atoms with Crippen LogP contribution in [0.3, 0.4) is 0 Å². The van der Waals surface area contributed by atoms with Crippen LogP contribution in [0.2, 0.25) is 0 Å². The Kier molecular flexibility index (Phi) is 7.80. The first-order chi connectivity index (χ1) is 12.0. The fourth-order valence-corrected chi connectivity index (χ4v) is 3.78. The molecule has 0 radical (unpaired) electrons. The van der Waals surface area contributed by atoms with Gasteiger partial charge in [-0.25, -0.2) is 0 Å². The van der Waals surface area contributed by atoms with Gasteiger partial charge in [0.25, 0.3) is 0 Å². The number of aryl methyl sites for hydroxylation is 2. The van der Waals surface area contributed by atoms with E-state index in [1.807, 2.05) is 0 Å². The lowest BCUT2D eigenvalue weighted by atomic mass is 10.0. The fourth-order valence-electron chi connectivity index (χ4n) is 2.36. The maximum atomic E-state index is 7.55. The number of benzene rings is 1. The van der Waals surface area contributed by atoms with Crippen LogP contribution in [0.1, 0.15) is 23.4 Å². The number of hydrogen-bond acceptors (Lipinski definition) is 7. The van der Waals surface area contributed by atoms with E-state index in [-0.39, 0.29) is 15.6 Å². The second kappa shape index (κ2) is 10.1. The van der Waals surface area contributed by atoms with Gasteiger partial charge in [0.1, 0.15) is 0 Å². The van der Waals surface area contributed by atoms with Crippen LogP contribution in [-0.4, -0.2) is 31.5 Å². The van der Waals surface area contributed by atoms with Crippen LogP contribution >= 0.6 is 23.5 Å². The molecule has 0 amide bonds. The van der Waals surface area contributed by atoms with Crippen molar-refractivity contribution in [1.82, 2.24) is 10.2 Å². The van der Waals surface area contributed by atoms with Gasteiger partial charge in [-0.1, -0.05) is 47.8 Å². The molecule has 0 spiro atoms. The number of aromatic nitrogens is 2. The Bertz CT molecular complexity index is 674. The molecule has 134 valence electrons. The summed E-state index contributed by atoms with van der Waals surface area (Å²) in [5.41, 5.74) is 13.3. The average Bonchev–Trinajstić information content (AvgIpc) is 3.07. The third kappa shape index (κ3) is 7.61. The molecule has 7 nitrogen and oxygen atoms in total. The molecule has 9 heteroatoms. The molecule has 0 saturated heterocycles. The van der Waals surface area contributed by atoms with Gasteiger partial charge in [0, 0.05) is 17.4 Å². The Morgan fingerprint density at radius 1 is 1.08 bits per heavy atom. The van der Waals surface area contributed by atoms with Crippen molar-refractivity contribution in [1.29, 1.82) is 10.8 Å². The summed E-state index contributed by atoms with van der Waals surface area (Å²) in [5, 5.41) is 22.8. The number of rotatable bonds is 9. The van der Waals surface area contributed by atoms with E-state index in [9.17, 15) is 0 Å². The zero-order valence-electron chi connectivity index (χ0n) is 13.8. The predicted octanol–water partition coefficient (Wildman–Crippen LogP) is 2.41. The van der Waals surface area contributed by atoms with Crippen LogP contribution in [0.15, 0.2) is 35.1 Å². The second-order valence-electron chi connectivity index (χ2n) is 5.46. The molecule has 2 rings (SSSR count). The molecule has 1 aromatic carbocycles. The van der Waals surface area contributed by atoms with Gasteiger partial charge in [0.05, 0.1) is 0 Å². The summed E-state index contributed by atoms with van der Waals surface area (Å²) in [7, 11) is 0. The lowest BCUT2D eigenvalue weighted by Crippen LogP contribution is -2.16. The van der Waals surface area contributed by atoms with Crippen LogP contribution in [0.25, 0.3) is 0 Å². The van der Waals surface area contributed by atoms with Crippen LogP contribution < -0.4 is 11.5 Å². The van der Waals surface area contributed by atoms with Crippen LogP contribution in [0, 0.1) is 10.8 Å². The van der Waals surface area contributed by atoms with Crippen molar-refractivity contribution >= 4 is 33.9 Å². The van der Waals surface area contributed by atoms with Crippen LogP contribution in [-0.2, 0) is 19.3 Å². The molecular weight excluding hydrogens is 356 g/mol. The smallest absolute Gasteiger partial charge is 0.216 e. The Labute approximate surface area is 155 Å². The van der Waals surface area contributed by atoms with Crippen molar-refractivity contribution in [3.05, 3.63) is 47.7 Å². The Hall–Kier alpha value is -2.00. The van der Waals surface area contributed by atoms with Crippen molar-refractivity contribution in [2.75, 3.05) is 5.75 Å². The summed E-state index contributed by atoms with van der Waals surface area (Å²) in [6.07, 6.45) is 4.51. The fraction of sp³-hybridized carbons (Fsp3) is 0.375. The highest BCUT2D eigenvalue weighted by Gasteiger charge is 2.14. The molecular formula is C16H22N6OS2. The third-order valence-corrected chi connectivity index (χ3v) is 5.22. The highest BCUT2D eigenvalue weighted by Crippen LogP contribution is 2.21. The van der Waals surface area contributed by atoms with E-state index in [1.54, 1.807) is 0 Å². The van der Waals surface area contributed by atoms with Gasteiger partial charge in [-0.3, -0.25) is 10.8 Å². The number of thioether (sulfide) groups is 2. The minimum atomic E-state index is 0.119. The summed E-state index contributed by atoms with van der Waals surface area (Å²) in [5.74, 6) is 1.41. The zero-order chi connectivity index (χ0) is 18.1. The summed E-state index contributed by atoms with van der Waals surface area (Å²) in [6, 6.07) is 8.41. The van der Waals surface area contributed by atoms with Crippen LogP contribution in [0.4, 0.5) is 0 Å². The van der Waals surface area contributed by atoms with Crippen LogP contribution in [0.5, 0.6) is 0 Å². The minimum absolute atomic E-state index is 0.119. The van der Waals surface area contributed by atoms with Gasteiger partial charge in [-0.2, -0.15) is 0 Å². The van der Waals surface area contributed by atoms with Crippen molar-refractivity contribution < 1.29 is 4.42 Å². The van der Waals surface area contributed by atoms with E-state index >= 15 is 0 Å². The van der Waals surface area contributed by atoms with E-state index in [2.05, 4.69) is 34.5 Å². The molecule has 25 heavy (non-hydrogen) atoms. The first-order valence-corrected chi connectivity index (χ1v) is 9.70. The van der Waals surface area contributed by atoms with Gasteiger partial charge < -0.3 is 15.9 Å². The SMILES string of the molecule is N=C(N)SCCc1ccc(C[C@@H](CCc2nnco2)SC(=N)N)cc1. The number of amidine groups is 2. The Morgan fingerprint density at radius 3 is 2.40 bits per heavy atom. The molecule has 0 unspecified atom stereocenters. The minimum Gasteiger partial charge on any atom is -0.428 e. The lowest BCUT2D eigenvalue weighted by molar-refractivity contribution is 0.483. The topological polar surface area (TPSA) is 139 Å². The molecule has 0 aliphatic heterocycles. The zero-order valence-corrected chi connectivity index (χ0v) is 15.4. The van der Waals surface area contributed by atoms with E-state index in [1.165, 1.54) is 41.0 Å². The first kappa shape index (κ1) is 19.3. The molecule has 6 N–H and O–H groups in total. The molecule has 0 fully saturated rings. The van der Waals surface area contributed by atoms with Gasteiger partial charge >= 0.3 is 0 Å². The second-order valence-corrected chi connectivity index (χ2v) is 7.94. The quantitative estimate of drug-likeness (QED) is 0.388. The van der Waals surface area contributed by atoms with E-state index < -0.39 is 0 Å². The highest BCUT2D eigenvalue weighted by molar-refractivity contribution is 8.14. The summed E-state index contributed by atoms with van der Waals surface area (Å²) in [6.45, 7) is 0. The molecule has 0 aliphatic rings. The first-order valence-electron chi connectivity index (χ1n) is 7.83. The molecule has 1 heterocycles. The van der Waals surface area contributed by atoms with Crippen molar-refractivity contribution in [3.8, 4) is 0 Å².